The second-order valence-corrected chi connectivity index (χ2v) is 8.42. The smallest absolute Gasteiger partial charge is 0.266 e. The van der Waals surface area contributed by atoms with E-state index in [-0.39, 0.29) is 23.9 Å². The van der Waals surface area contributed by atoms with Gasteiger partial charge in [-0.05, 0) is 31.7 Å². The molecule has 1 saturated heterocycles. The van der Waals surface area contributed by atoms with E-state index in [1.165, 1.54) is 22.2 Å². The molecule has 1 N–H and O–H groups in total. The van der Waals surface area contributed by atoms with Crippen LogP contribution in [0.25, 0.3) is 10.2 Å². The van der Waals surface area contributed by atoms with Crippen LogP contribution in [0.15, 0.2) is 41.5 Å². The fraction of sp³-hybridized carbons (Fsp3) is 0.333. The SMILES string of the molecule is Cc1c(C(=O)Nc2ccccc2)sc2ncn(CC(=O)N3CCN(C)CC3)c(=O)c12. The van der Waals surface area contributed by atoms with Crippen LogP contribution in [0, 0.1) is 6.92 Å². The van der Waals surface area contributed by atoms with Crippen LogP contribution in [0.5, 0.6) is 0 Å². The number of carbonyl (C=O) groups excluding carboxylic acids is 2. The van der Waals surface area contributed by atoms with Gasteiger partial charge in [0.05, 0.1) is 16.6 Å². The number of aromatic nitrogens is 2. The summed E-state index contributed by atoms with van der Waals surface area (Å²) in [5.74, 6) is -0.373. The summed E-state index contributed by atoms with van der Waals surface area (Å²) in [6.45, 7) is 4.64. The minimum atomic E-state index is -0.296. The number of anilines is 1. The van der Waals surface area contributed by atoms with Crippen LogP contribution in [0.4, 0.5) is 5.69 Å². The largest absolute Gasteiger partial charge is 0.339 e. The number of benzene rings is 1. The molecule has 156 valence electrons. The Morgan fingerprint density at radius 2 is 1.83 bits per heavy atom. The van der Waals surface area contributed by atoms with E-state index >= 15 is 0 Å². The standard InChI is InChI=1S/C21H23N5O3S/c1-14-17-20(30-18(14)19(28)23-15-6-4-3-5-7-15)22-13-26(21(17)29)12-16(27)25-10-8-24(2)9-11-25/h3-7,13H,8-12H2,1-2H3,(H,23,28). The van der Waals surface area contributed by atoms with Crippen molar-refractivity contribution in [3.8, 4) is 0 Å². The summed E-state index contributed by atoms with van der Waals surface area (Å²) >= 11 is 1.18. The molecule has 1 fully saturated rings. The first-order valence-electron chi connectivity index (χ1n) is 9.75. The van der Waals surface area contributed by atoms with Crippen molar-refractivity contribution in [3.05, 3.63) is 57.5 Å². The van der Waals surface area contributed by atoms with Gasteiger partial charge in [-0.2, -0.15) is 0 Å². The third-order valence-electron chi connectivity index (χ3n) is 5.32. The van der Waals surface area contributed by atoms with E-state index in [9.17, 15) is 14.4 Å². The van der Waals surface area contributed by atoms with Crippen molar-refractivity contribution in [3.63, 3.8) is 0 Å². The number of piperazine rings is 1. The molecule has 3 heterocycles. The van der Waals surface area contributed by atoms with Crippen molar-refractivity contribution in [2.24, 2.45) is 0 Å². The molecule has 1 aliphatic rings. The van der Waals surface area contributed by atoms with Crippen LogP contribution in [0.3, 0.4) is 0 Å². The zero-order valence-electron chi connectivity index (χ0n) is 16.9. The number of likely N-dealkylation sites (N-methyl/N-ethyl adjacent to an activating group) is 1. The first kappa shape index (κ1) is 20.2. The molecular formula is C21H23N5O3S. The first-order chi connectivity index (χ1) is 14.4. The highest BCUT2D eigenvalue weighted by molar-refractivity contribution is 7.20. The van der Waals surface area contributed by atoms with Crippen molar-refractivity contribution in [2.75, 3.05) is 38.5 Å². The van der Waals surface area contributed by atoms with Gasteiger partial charge in [-0.1, -0.05) is 18.2 Å². The second kappa shape index (κ2) is 8.37. The van der Waals surface area contributed by atoms with E-state index in [1.54, 1.807) is 24.0 Å². The molecule has 2 amide bonds. The van der Waals surface area contributed by atoms with Gasteiger partial charge in [-0.15, -0.1) is 11.3 Å². The monoisotopic (exact) mass is 425 g/mol. The Balaban J connectivity index is 1.58. The number of hydrogen-bond donors (Lipinski definition) is 1. The molecule has 30 heavy (non-hydrogen) atoms. The van der Waals surface area contributed by atoms with Crippen LogP contribution >= 0.6 is 11.3 Å². The molecule has 1 aromatic carbocycles. The number of hydrogen-bond acceptors (Lipinski definition) is 6. The summed E-state index contributed by atoms with van der Waals surface area (Å²) in [6, 6.07) is 9.15. The fourth-order valence-corrected chi connectivity index (χ4v) is 4.53. The Kier molecular flexibility index (Phi) is 5.65. The Labute approximate surface area is 177 Å². The van der Waals surface area contributed by atoms with E-state index in [1.807, 2.05) is 25.2 Å². The van der Waals surface area contributed by atoms with Gasteiger partial charge in [0.25, 0.3) is 11.5 Å². The maximum atomic E-state index is 13.0. The average Bonchev–Trinajstić information content (AvgIpc) is 3.08. The number of nitrogens with zero attached hydrogens (tertiary/aromatic N) is 4. The minimum Gasteiger partial charge on any atom is -0.339 e. The Hall–Kier alpha value is -3.04. The molecule has 2 aromatic heterocycles. The van der Waals surface area contributed by atoms with Gasteiger partial charge in [0.2, 0.25) is 5.91 Å². The number of fused-ring (bicyclic) bond motifs is 1. The van der Waals surface area contributed by atoms with E-state index in [4.69, 9.17) is 0 Å². The third-order valence-corrected chi connectivity index (χ3v) is 6.52. The van der Waals surface area contributed by atoms with Crippen molar-refractivity contribution >= 4 is 39.1 Å². The van der Waals surface area contributed by atoms with Gasteiger partial charge in [-0.25, -0.2) is 4.98 Å². The summed E-state index contributed by atoms with van der Waals surface area (Å²) in [6.07, 6.45) is 1.40. The van der Waals surface area contributed by atoms with Crippen molar-refractivity contribution < 1.29 is 9.59 Å². The summed E-state index contributed by atoms with van der Waals surface area (Å²) in [5, 5.41) is 3.24. The maximum Gasteiger partial charge on any atom is 0.266 e. The molecule has 0 radical (unpaired) electrons. The highest BCUT2D eigenvalue weighted by Gasteiger charge is 2.22. The third kappa shape index (κ3) is 3.99. The van der Waals surface area contributed by atoms with Gasteiger partial charge in [0.15, 0.2) is 0 Å². The summed E-state index contributed by atoms with van der Waals surface area (Å²) in [4.78, 5) is 47.6. The minimum absolute atomic E-state index is 0.0493. The number of thiophene rings is 1. The lowest BCUT2D eigenvalue weighted by atomic mass is 10.2. The van der Waals surface area contributed by atoms with Gasteiger partial charge in [0, 0.05) is 31.9 Å². The second-order valence-electron chi connectivity index (χ2n) is 7.42. The number of nitrogens with one attached hydrogen (secondary N) is 1. The van der Waals surface area contributed by atoms with E-state index in [0.29, 0.717) is 39.4 Å². The Morgan fingerprint density at radius 3 is 2.53 bits per heavy atom. The van der Waals surface area contributed by atoms with E-state index in [2.05, 4.69) is 15.2 Å². The van der Waals surface area contributed by atoms with Crippen LogP contribution in [0.2, 0.25) is 0 Å². The van der Waals surface area contributed by atoms with Gasteiger partial charge < -0.3 is 15.1 Å². The van der Waals surface area contributed by atoms with Gasteiger partial charge in [0.1, 0.15) is 11.4 Å². The molecule has 0 bridgehead atoms. The maximum absolute atomic E-state index is 13.0. The average molecular weight is 426 g/mol. The molecule has 4 rings (SSSR count). The van der Waals surface area contributed by atoms with Crippen LogP contribution in [-0.4, -0.2) is 64.4 Å². The quantitative estimate of drug-likeness (QED) is 0.689. The lowest BCUT2D eigenvalue weighted by molar-refractivity contribution is -0.133. The predicted molar refractivity (Wildman–Crippen MR) is 117 cm³/mol. The zero-order chi connectivity index (χ0) is 21.3. The van der Waals surface area contributed by atoms with Crippen molar-refractivity contribution in [1.29, 1.82) is 0 Å². The zero-order valence-corrected chi connectivity index (χ0v) is 17.7. The summed E-state index contributed by atoms with van der Waals surface area (Å²) in [5.41, 5.74) is 0.972. The van der Waals surface area contributed by atoms with Gasteiger partial charge in [-0.3, -0.25) is 19.0 Å². The Morgan fingerprint density at radius 1 is 1.13 bits per heavy atom. The lowest BCUT2D eigenvalue weighted by Crippen LogP contribution is -2.48. The van der Waals surface area contributed by atoms with E-state index < -0.39 is 0 Å². The number of aryl methyl sites for hydroxylation is 1. The molecule has 1 aliphatic heterocycles. The number of para-hydroxylation sites is 1. The molecule has 0 atom stereocenters. The molecule has 3 aromatic rings. The van der Waals surface area contributed by atoms with Gasteiger partial charge >= 0.3 is 0 Å². The molecule has 0 spiro atoms. The number of carbonyl (C=O) groups is 2. The highest BCUT2D eigenvalue weighted by Crippen LogP contribution is 2.27. The molecule has 9 heteroatoms. The summed E-state index contributed by atoms with van der Waals surface area (Å²) < 4.78 is 1.33. The fourth-order valence-electron chi connectivity index (χ4n) is 3.50. The predicted octanol–water partition coefficient (Wildman–Crippen LogP) is 1.79. The number of amides is 2. The van der Waals surface area contributed by atoms with Crippen LogP contribution in [-0.2, 0) is 11.3 Å². The highest BCUT2D eigenvalue weighted by atomic mass is 32.1. The Bertz CT molecular complexity index is 1150. The molecular weight excluding hydrogens is 402 g/mol. The molecule has 0 unspecified atom stereocenters. The lowest BCUT2D eigenvalue weighted by Gasteiger charge is -2.32. The molecule has 8 nitrogen and oxygen atoms in total. The first-order valence-corrected chi connectivity index (χ1v) is 10.6. The molecule has 0 aliphatic carbocycles. The van der Waals surface area contributed by atoms with Crippen molar-refractivity contribution in [2.45, 2.75) is 13.5 Å². The van der Waals surface area contributed by atoms with Crippen molar-refractivity contribution in [1.82, 2.24) is 19.4 Å². The van der Waals surface area contributed by atoms with Crippen LogP contribution < -0.4 is 10.9 Å². The summed E-state index contributed by atoms with van der Waals surface area (Å²) in [7, 11) is 2.02. The topological polar surface area (TPSA) is 87.5 Å². The molecule has 0 saturated carbocycles. The van der Waals surface area contributed by atoms with E-state index in [0.717, 1.165) is 13.1 Å². The normalized spacial score (nSPS) is 14.8. The number of rotatable bonds is 4. The van der Waals surface area contributed by atoms with Crippen LogP contribution in [0.1, 0.15) is 15.2 Å².